The van der Waals surface area contributed by atoms with Gasteiger partial charge in [-0.15, -0.1) is 0 Å². The van der Waals surface area contributed by atoms with Crippen molar-refractivity contribution >= 4 is 25.7 Å². The van der Waals surface area contributed by atoms with E-state index < -0.39 is 25.9 Å². The average Bonchev–Trinajstić information content (AvgIpc) is 2.92. The summed E-state index contributed by atoms with van der Waals surface area (Å²) in [4.78, 5) is -0.237. The molecule has 0 saturated carbocycles. The third-order valence-corrected chi connectivity index (χ3v) is 5.60. The molecule has 1 unspecified atom stereocenters. The molecule has 130 valence electrons. The molecule has 2 rings (SSSR count). The minimum Gasteiger partial charge on any atom is -0.316 e. The van der Waals surface area contributed by atoms with Gasteiger partial charge in [0.1, 0.15) is 5.82 Å². The molecule has 1 aromatic rings. The first-order valence-corrected chi connectivity index (χ1v) is 10.5. The van der Waals surface area contributed by atoms with Gasteiger partial charge in [-0.05, 0) is 50.0 Å². The molecule has 10 heteroatoms. The number of hydrogen-bond donors (Lipinski definition) is 3. The molecule has 7 nitrogen and oxygen atoms in total. The zero-order chi connectivity index (χ0) is 17.1. The van der Waals surface area contributed by atoms with E-state index >= 15 is 0 Å². The van der Waals surface area contributed by atoms with Crippen LogP contribution >= 0.6 is 0 Å². The Hall–Kier alpha value is -1.23. The number of nitrogens with one attached hydrogen (secondary N) is 3. The van der Waals surface area contributed by atoms with Gasteiger partial charge in [-0.1, -0.05) is 0 Å². The summed E-state index contributed by atoms with van der Waals surface area (Å²) in [6.45, 7) is 2.10. The van der Waals surface area contributed by atoms with Crippen molar-refractivity contribution in [1.29, 1.82) is 0 Å². The van der Waals surface area contributed by atoms with Gasteiger partial charge in [-0.3, -0.25) is 4.72 Å². The molecule has 0 aromatic heterocycles. The summed E-state index contributed by atoms with van der Waals surface area (Å²) in [5.74, 6) is -0.505. The van der Waals surface area contributed by atoms with E-state index in [9.17, 15) is 21.2 Å². The minimum atomic E-state index is -3.82. The lowest BCUT2D eigenvalue weighted by molar-refractivity contribution is 0.519. The van der Waals surface area contributed by atoms with Crippen molar-refractivity contribution in [2.75, 3.05) is 30.6 Å². The number of sulfonamides is 2. The molecule has 1 aliphatic heterocycles. The Kier molecular flexibility index (Phi) is 5.61. The highest BCUT2D eigenvalue weighted by atomic mass is 32.2. The number of anilines is 1. The first kappa shape index (κ1) is 18.1. The molecular formula is C13H20FN3O4S2. The fraction of sp³-hybridized carbons (Fsp3) is 0.538. The molecule has 3 N–H and O–H groups in total. The molecule has 1 atom stereocenters. The largest absolute Gasteiger partial charge is 0.316 e. The monoisotopic (exact) mass is 365 g/mol. The number of hydrogen-bond acceptors (Lipinski definition) is 5. The second-order valence-electron chi connectivity index (χ2n) is 5.56. The molecule has 0 bridgehead atoms. The van der Waals surface area contributed by atoms with Crippen molar-refractivity contribution in [3.63, 3.8) is 0 Å². The first-order chi connectivity index (χ1) is 10.7. The van der Waals surface area contributed by atoms with Crippen LogP contribution in [0.4, 0.5) is 10.1 Å². The third kappa shape index (κ3) is 5.41. The van der Waals surface area contributed by atoms with E-state index in [0.717, 1.165) is 44.0 Å². The lowest BCUT2D eigenvalue weighted by Gasteiger charge is -2.11. The average molecular weight is 365 g/mol. The quantitative estimate of drug-likeness (QED) is 0.652. The van der Waals surface area contributed by atoms with Crippen LogP contribution in [-0.2, 0) is 20.0 Å². The highest BCUT2D eigenvalue weighted by Gasteiger charge is 2.19. The molecule has 1 fully saturated rings. The predicted octanol–water partition coefficient (Wildman–Crippen LogP) is 0.475. The lowest BCUT2D eigenvalue weighted by atomic mass is 10.1. The van der Waals surface area contributed by atoms with Crippen LogP contribution < -0.4 is 14.8 Å². The molecule has 23 heavy (non-hydrogen) atoms. The summed E-state index contributed by atoms with van der Waals surface area (Å²) in [6, 6.07) is 3.05. The maximum atomic E-state index is 13.9. The van der Waals surface area contributed by atoms with Crippen LogP contribution in [0.5, 0.6) is 0 Å². The Morgan fingerprint density at radius 2 is 2.04 bits per heavy atom. The van der Waals surface area contributed by atoms with Crippen molar-refractivity contribution in [2.45, 2.75) is 17.7 Å². The Bertz CT molecular complexity index is 759. The van der Waals surface area contributed by atoms with Gasteiger partial charge in [-0.2, -0.15) is 0 Å². The predicted molar refractivity (Wildman–Crippen MR) is 85.6 cm³/mol. The van der Waals surface area contributed by atoms with E-state index in [1.54, 1.807) is 0 Å². The zero-order valence-electron chi connectivity index (χ0n) is 12.7. The minimum absolute atomic E-state index is 0.237. The molecule has 0 spiro atoms. The summed E-state index contributed by atoms with van der Waals surface area (Å²) in [5.41, 5.74) is -0.288. The maximum absolute atomic E-state index is 13.9. The van der Waals surface area contributed by atoms with E-state index in [2.05, 4.69) is 10.0 Å². The van der Waals surface area contributed by atoms with Gasteiger partial charge in [0.15, 0.2) is 0 Å². The fourth-order valence-corrected chi connectivity index (χ4v) is 4.01. The van der Waals surface area contributed by atoms with E-state index in [1.807, 2.05) is 4.72 Å². The van der Waals surface area contributed by atoms with Crippen molar-refractivity contribution in [3.8, 4) is 0 Å². The molecule has 0 amide bonds. The van der Waals surface area contributed by atoms with Gasteiger partial charge in [0.2, 0.25) is 20.0 Å². The van der Waals surface area contributed by atoms with Crippen LogP contribution in [0.3, 0.4) is 0 Å². The molecule has 1 aromatic carbocycles. The van der Waals surface area contributed by atoms with Crippen LogP contribution in [0.2, 0.25) is 0 Å². The Morgan fingerprint density at radius 3 is 2.61 bits per heavy atom. The molecule has 1 saturated heterocycles. The Morgan fingerprint density at radius 1 is 1.30 bits per heavy atom. The summed E-state index contributed by atoms with van der Waals surface area (Å²) < 4.78 is 64.7. The van der Waals surface area contributed by atoms with E-state index in [0.29, 0.717) is 12.3 Å². The molecule has 0 aliphatic carbocycles. The number of halogens is 1. The highest BCUT2D eigenvalue weighted by molar-refractivity contribution is 7.92. The van der Waals surface area contributed by atoms with Crippen LogP contribution in [0.15, 0.2) is 23.1 Å². The zero-order valence-corrected chi connectivity index (χ0v) is 14.3. The smallest absolute Gasteiger partial charge is 0.240 e. The van der Waals surface area contributed by atoms with Crippen molar-refractivity contribution < 1.29 is 21.2 Å². The van der Waals surface area contributed by atoms with Gasteiger partial charge in [0.05, 0.1) is 16.8 Å². The van der Waals surface area contributed by atoms with E-state index in [-0.39, 0.29) is 17.1 Å². The molecule has 1 aliphatic rings. The first-order valence-electron chi connectivity index (χ1n) is 7.15. The summed E-state index contributed by atoms with van der Waals surface area (Å²) in [5, 5.41) is 3.20. The topological polar surface area (TPSA) is 104 Å². The van der Waals surface area contributed by atoms with Crippen molar-refractivity contribution in [1.82, 2.24) is 10.0 Å². The Labute approximate surface area is 135 Å². The van der Waals surface area contributed by atoms with Gasteiger partial charge in [-0.25, -0.2) is 25.9 Å². The molecule has 0 radical (unpaired) electrons. The van der Waals surface area contributed by atoms with Crippen LogP contribution in [-0.4, -0.2) is 42.7 Å². The normalized spacial score (nSPS) is 19.0. The standard InChI is InChI=1S/C13H20FN3O4S2/c1-22(18,19)17-13-3-2-11(8-12(13)14)23(20,21)16-7-5-10-4-6-15-9-10/h2-3,8,10,15-17H,4-7,9H2,1H3. The van der Waals surface area contributed by atoms with Crippen LogP contribution in [0, 0.1) is 11.7 Å². The van der Waals surface area contributed by atoms with Gasteiger partial charge < -0.3 is 5.32 Å². The van der Waals surface area contributed by atoms with Gasteiger partial charge in [0, 0.05) is 6.54 Å². The number of rotatable bonds is 7. The number of benzene rings is 1. The van der Waals surface area contributed by atoms with E-state index in [1.165, 1.54) is 0 Å². The lowest BCUT2D eigenvalue weighted by Crippen LogP contribution is -2.26. The second-order valence-corrected chi connectivity index (χ2v) is 9.08. The van der Waals surface area contributed by atoms with Crippen LogP contribution in [0.1, 0.15) is 12.8 Å². The molecular weight excluding hydrogens is 345 g/mol. The third-order valence-electron chi connectivity index (χ3n) is 3.55. The van der Waals surface area contributed by atoms with Crippen molar-refractivity contribution in [2.24, 2.45) is 5.92 Å². The maximum Gasteiger partial charge on any atom is 0.240 e. The van der Waals surface area contributed by atoms with Crippen molar-refractivity contribution in [3.05, 3.63) is 24.0 Å². The Balaban J connectivity index is 2.02. The van der Waals surface area contributed by atoms with Crippen LogP contribution in [0.25, 0.3) is 0 Å². The van der Waals surface area contributed by atoms with E-state index in [4.69, 9.17) is 0 Å². The highest BCUT2D eigenvalue weighted by Crippen LogP contribution is 2.20. The van der Waals surface area contributed by atoms with Gasteiger partial charge >= 0.3 is 0 Å². The second kappa shape index (κ2) is 7.12. The van der Waals surface area contributed by atoms with Gasteiger partial charge in [0.25, 0.3) is 0 Å². The fourth-order valence-electron chi connectivity index (χ4n) is 2.39. The molecule has 1 heterocycles. The SMILES string of the molecule is CS(=O)(=O)Nc1ccc(S(=O)(=O)NCCC2CCNC2)cc1F. The summed E-state index contributed by atoms with van der Waals surface area (Å²) in [6.07, 6.45) is 2.61. The summed E-state index contributed by atoms with van der Waals surface area (Å²) >= 11 is 0. The summed E-state index contributed by atoms with van der Waals surface area (Å²) in [7, 11) is -7.46.